The van der Waals surface area contributed by atoms with E-state index in [9.17, 15) is 9.90 Å². The lowest BCUT2D eigenvalue weighted by atomic mass is 10.1. The number of phenols is 1. The molecule has 0 spiro atoms. The highest BCUT2D eigenvalue weighted by molar-refractivity contribution is 6.34. The van der Waals surface area contributed by atoms with E-state index >= 15 is 0 Å². The molecule has 0 aromatic heterocycles. The van der Waals surface area contributed by atoms with Crippen molar-refractivity contribution in [2.24, 2.45) is 0 Å². The molecule has 2 N–H and O–H groups in total. The summed E-state index contributed by atoms with van der Waals surface area (Å²) in [4.78, 5) is 12.1. The number of carbonyl (C=O) groups excluding carboxylic acids is 1. The fourth-order valence-corrected chi connectivity index (χ4v) is 2.13. The number of halogens is 1. The molecule has 19 heavy (non-hydrogen) atoms. The largest absolute Gasteiger partial charge is 0.508 e. The molecule has 2 aromatic carbocycles. The van der Waals surface area contributed by atoms with Crippen molar-refractivity contribution in [1.82, 2.24) is 0 Å². The van der Waals surface area contributed by atoms with Gasteiger partial charge in [-0.05, 0) is 38.1 Å². The fraction of sp³-hybridized carbons (Fsp3) is 0.133. The van der Waals surface area contributed by atoms with Crippen LogP contribution in [0.15, 0.2) is 36.4 Å². The second-order valence-electron chi connectivity index (χ2n) is 4.49. The summed E-state index contributed by atoms with van der Waals surface area (Å²) < 4.78 is 0. The first-order valence-electron chi connectivity index (χ1n) is 5.84. The maximum Gasteiger partial charge on any atom is 0.255 e. The Hall–Kier alpha value is -2.00. The number of carbonyl (C=O) groups is 1. The van der Waals surface area contributed by atoms with Gasteiger partial charge in [0, 0.05) is 11.6 Å². The Morgan fingerprint density at radius 2 is 1.74 bits per heavy atom. The number of hydrogen-bond acceptors (Lipinski definition) is 2. The minimum Gasteiger partial charge on any atom is -0.508 e. The lowest BCUT2D eigenvalue weighted by molar-refractivity contribution is 0.102. The van der Waals surface area contributed by atoms with Crippen LogP contribution in [0.5, 0.6) is 5.75 Å². The van der Waals surface area contributed by atoms with Gasteiger partial charge in [0.05, 0.1) is 10.7 Å². The molecule has 0 bridgehead atoms. The van der Waals surface area contributed by atoms with E-state index in [2.05, 4.69) is 5.32 Å². The van der Waals surface area contributed by atoms with Gasteiger partial charge < -0.3 is 10.4 Å². The Morgan fingerprint density at radius 3 is 2.32 bits per heavy atom. The van der Waals surface area contributed by atoms with Gasteiger partial charge in [-0.3, -0.25) is 4.79 Å². The van der Waals surface area contributed by atoms with Gasteiger partial charge in [-0.25, -0.2) is 0 Å². The molecule has 0 aliphatic carbocycles. The number of benzene rings is 2. The Balaban J connectivity index is 2.25. The normalized spacial score (nSPS) is 10.3. The molecule has 0 aliphatic heterocycles. The molecular weight excluding hydrogens is 262 g/mol. The third-order valence-electron chi connectivity index (χ3n) is 2.68. The van der Waals surface area contributed by atoms with Crippen molar-refractivity contribution < 1.29 is 9.90 Å². The van der Waals surface area contributed by atoms with Crippen molar-refractivity contribution >= 4 is 23.2 Å². The number of phenolic OH excluding ortho intramolecular Hbond substituents is 1. The summed E-state index contributed by atoms with van der Waals surface area (Å²) >= 11 is 5.95. The number of aromatic hydroxyl groups is 1. The van der Waals surface area contributed by atoms with E-state index in [1.165, 1.54) is 12.1 Å². The zero-order valence-electron chi connectivity index (χ0n) is 10.7. The molecule has 2 aromatic rings. The van der Waals surface area contributed by atoms with Crippen LogP contribution in [0, 0.1) is 13.8 Å². The van der Waals surface area contributed by atoms with E-state index in [4.69, 9.17) is 11.6 Å². The maximum atomic E-state index is 12.1. The Kier molecular flexibility index (Phi) is 3.76. The lowest BCUT2D eigenvalue weighted by Gasteiger charge is -2.09. The van der Waals surface area contributed by atoms with Gasteiger partial charge in [-0.15, -0.1) is 0 Å². The molecule has 0 heterocycles. The van der Waals surface area contributed by atoms with Crippen LogP contribution < -0.4 is 5.32 Å². The summed E-state index contributed by atoms with van der Waals surface area (Å²) in [7, 11) is 0. The average molecular weight is 276 g/mol. The third-order valence-corrected chi connectivity index (χ3v) is 3.00. The predicted octanol–water partition coefficient (Wildman–Crippen LogP) is 3.91. The minimum absolute atomic E-state index is 0.0643. The van der Waals surface area contributed by atoms with Gasteiger partial charge in [0.1, 0.15) is 5.75 Å². The van der Waals surface area contributed by atoms with Crippen molar-refractivity contribution in [3.05, 3.63) is 58.1 Å². The standard InChI is InChI=1S/C15H14ClNO2/c1-9-5-10(2)7-11(6-9)15(19)17-14-4-3-12(18)8-13(14)16/h3-8,18H,1-2H3,(H,17,19). The van der Waals surface area contributed by atoms with Crippen molar-refractivity contribution in [2.75, 3.05) is 5.32 Å². The fourth-order valence-electron chi connectivity index (χ4n) is 1.91. The van der Waals surface area contributed by atoms with Crippen molar-refractivity contribution in [2.45, 2.75) is 13.8 Å². The average Bonchev–Trinajstić information content (AvgIpc) is 2.31. The van der Waals surface area contributed by atoms with Crippen LogP contribution in [0.4, 0.5) is 5.69 Å². The van der Waals surface area contributed by atoms with Gasteiger partial charge in [0.15, 0.2) is 0 Å². The molecule has 0 saturated carbocycles. The summed E-state index contributed by atoms with van der Waals surface area (Å²) in [5.41, 5.74) is 3.12. The number of anilines is 1. The van der Waals surface area contributed by atoms with E-state index in [1.807, 2.05) is 32.0 Å². The van der Waals surface area contributed by atoms with Gasteiger partial charge in [0.2, 0.25) is 0 Å². The third kappa shape index (κ3) is 3.26. The number of hydrogen-bond donors (Lipinski definition) is 2. The van der Waals surface area contributed by atoms with Crippen LogP contribution in [-0.4, -0.2) is 11.0 Å². The smallest absolute Gasteiger partial charge is 0.255 e. The highest BCUT2D eigenvalue weighted by atomic mass is 35.5. The highest BCUT2D eigenvalue weighted by Gasteiger charge is 2.09. The van der Waals surface area contributed by atoms with Crippen molar-refractivity contribution in [1.29, 1.82) is 0 Å². The Bertz CT molecular complexity index is 618. The maximum absolute atomic E-state index is 12.1. The summed E-state index contributed by atoms with van der Waals surface area (Å²) in [6, 6.07) is 10.1. The minimum atomic E-state index is -0.223. The second kappa shape index (κ2) is 5.33. The molecule has 0 fully saturated rings. The van der Waals surface area contributed by atoms with Crippen LogP contribution in [0.1, 0.15) is 21.5 Å². The molecule has 98 valence electrons. The molecule has 2 rings (SSSR count). The van der Waals surface area contributed by atoms with Crippen molar-refractivity contribution in [3.8, 4) is 5.75 Å². The summed E-state index contributed by atoms with van der Waals surface area (Å²) in [6.07, 6.45) is 0. The first-order valence-corrected chi connectivity index (χ1v) is 6.21. The topological polar surface area (TPSA) is 49.3 Å². The first-order chi connectivity index (χ1) is 8.95. The lowest BCUT2D eigenvalue weighted by Crippen LogP contribution is -2.12. The summed E-state index contributed by atoms with van der Waals surface area (Å²) in [5.74, 6) is -0.159. The molecule has 0 unspecified atom stereocenters. The molecule has 0 aliphatic rings. The SMILES string of the molecule is Cc1cc(C)cc(C(=O)Nc2ccc(O)cc2Cl)c1. The molecule has 0 atom stereocenters. The summed E-state index contributed by atoms with van der Waals surface area (Å²) in [5, 5.41) is 12.3. The van der Waals surface area contributed by atoms with E-state index < -0.39 is 0 Å². The number of nitrogens with one attached hydrogen (secondary N) is 1. The van der Waals surface area contributed by atoms with E-state index in [0.29, 0.717) is 16.3 Å². The molecule has 3 nitrogen and oxygen atoms in total. The van der Waals surface area contributed by atoms with Gasteiger partial charge >= 0.3 is 0 Å². The number of rotatable bonds is 2. The molecule has 4 heteroatoms. The summed E-state index contributed by atoms with van der Waals surface area (Å²) in [6.45, 7) is 3.88. The van der Waals surface area contributed by atoms with Crippen molar-refractivity contribution in [3.63, 3.8) is 0 Å². The predicted molar refractivity (Wildman–Crippen MR) is 77.0 cm³/mol. The highest BCUT2D eigenvalue weighted by Crippen LogP contribution is 2.26. The monoisotopic (exact) mass is 275 g/mol. The van der Waals surface area contributed by atoms with E-state index in [-0.39, 0.29) is 11.7 Å². The second-order valence-corrected chi connectivity index (χ2v) is 4.90. The van der Waals surface area contributed by atoms with Crippen LogP contribution >= 0.6 is 11.6 Å². The van der Waals surface area contributed by atoms with Crippen LogP contribution in [-0.2, 0) is 0 Å². The Morgan fingerprint density at radius 1 is 1.11 bits per heavy atom. The Labute approximate surface area is 116 Å². The van der Waals surface area contributed by atoms with Crippen LogP contribution in [0.3, 0.4) is 0 Å². The van der Waals surface area contributed by atoms with Gasteiger partial charge in [0.25, 0.3) is 5.91 Å². The number of amides is 1. The molecule has 0 radical (unpaired) electrons. The molecule has 0 saturated heterocycles. The van der Waals surface area contributed by atoms with Crippen LogP contribution in [0.2, 0.25) is 5.02 Å². The quantitative estimate of drug-likeness (QED) is 0.816. The zero-order valence-corrected chi connectivity index (χ0v) is 11.5. The van der Waals surface area contributed by atoms with Gasteiger partial charge in [-0.2, -0.15) is 0 Å². The zero-order chi connectivity index (χ0) is 14.0. The number of aryl methyl sites for hydroxylation is 2. The molecule has 1 amide bonds. The molecular formula is C15H14ClNO2. The van der Waals surface area contributed by atoms with Gasteiger partial charge in [-0.1, -0.05) is 28.8 Å². The first kappa shape index (κ1) is 13.4. The van der Waals surface area contributed by atoms with E-state index in [0.717, 1.165) is 11.1 Å². The van der Waals surface area contributed by atoms with E-state index in [1.54, 1.807) is 6.07 Å². The van der Waals surface area contributed by atoms with Crippen LogP contribution in [0.25, 0.3) is 0 Å².